The maximum Gasteiger partial charge on any atom is 0.320 e. The molecular weight excluding hydrogens is 216 g/mol. The molecule has 0 bridgehead atoms. The van der Waals surface area contributed by atoms with Crippen molar-refractivity contribution in [3.05, 3.63) is 0 Å². The highest BCUT2D eigenvalue weighted by Crippen LogP contribution is 2.19. The molecular formula is C13H26N2O2. The smallest absolute Gasteiger partial charge is 0.320 e. The number of esters is 1. The van der Waals surface area contributed by atoms with Crippen LogP contribution in [0.2, 0.25) is 0 Å². The fourth-order valence-corrected chi connectivity index (χ4v) is 2.35. The van der Waals surface area contributed by atoms with Gasteiger partial charge in [-0.2, -0.15) is 0 Å². The van der Waals surface area contributed by atoms with Gasteiger partial charge in [0.05, 0.1) is 6.54 Å². The van der Waals surface area contributed by atoms with Crippen molar-refractivity contribution in [2.24, 2.45) is 5.73 Å². The molecule has 4 nitrogen and oxygen atoms in total. The average Bonchev–Trinajstić information content (AvgIpc) is 2.14. The van der Waals surface area contributed by atoms with Crippen LogP contribution in [-0.2, 0) is 9.53 Å². The fraction of sp³-hybridized carbons (Fsp3) is 0.923. The van der Waals surface area contributed by atoms with E-state index in [1.807, 2.05) is 27.7 Å². The Labute approximate surface area is 104 Å². The highest BCUT2D eigenvalue weighted by Gasteiger charge is 2.28. The molecule has 0 aromatic carbocycles. The highest BCUT2D eigenvalue weighted by molar-refractivity contribution is 5.72. The zero-order valence-corrected chi connectivity index (χ0v) is 11.5. The first-order valence-electron chi connectivity index (χ1n) is 6.51. The molecule has 0 aromatic rings. The lowest BCUT2D eigenvalue weighted by Crippen LogP contribution is -2.51. The van der Waals surface area contributed by atoms with Crippen LogP contribution in [0.1, 0.15) is 47.0 Å². The molecule has 1 rings (SSSR count). The van der Waals surface area contributed by atoms with E-state index >= 15 is 0 Å². The Hall–Kier alpha value is -0.610. The van der Waals surface area contributed by atoms with Gasteiger partial charge in [0.1, 0.15) is 5.60 Å². The van der Waals surface area contributed by atoms with E-state index in [1.165, 1.54) is 6.42 Å². The molecule has 1 aliphatic heterocycles. The molecule has 4 heteroatoms. The number of nitrogens with two attached hydrogens (primary N) is 1. The lowest BCUT2D eigenvalue weighted by atomic mass is 9.97. The van der Waals surface area contributed by atoms with Gasteiger partial charge in [0.15, 0.2) is 0 Å². The van der Waals surface area contributed by atoms with Crippen LogP contribution >= 0.6 is 0 Å². The van der Waals surface area contributed by atoms with Gasteiger partial charge in [0, 0.05) is 12.1 Å². The minimum atomic E-state index is -0.406. The number of nitrogens with zero attached hydrogens (tertiary/aromatic N) is 1. The third-order valence-electron chi connectivity index (χ3n) is 3.02. The molecule has 0 aliphatic carbocycles. The third-order valence-corrected chi connectivity index (χ3v) is 3.02. The topological polar surface area (TPSA) is 55.6 Å². The quantitative estimate of drug-likeness (QED) is 0.763. The van der Waals surface area contributed by atoms with Crippen LogP contribution in [0.3, 0.4) is 0 Å². The van der Waals surface area contributed by atoms with Gasteiger partial charge in [0.25, 0.3) is 0 Å². The second-order valence-electron chi connectivity index (χ2n) is 5.98. The van der Waals surface area contributed by atoms with Crippen LogP contribution in [-0.4, -0.2) is 41.6 Å². The van der Waals surface area contributed by atoms with Crippen LogP contribution in [0.5, 0.6) is 0 Å². The Balaban J connectivity index is 2.50. The summed E-state index contributed by atoms with van der Waals surface area (Å²) < 4.78 is 5.35. The first kappa shape index (κ1) is 14.5. The molecule has 1 aliphatic rings. The molecule has 1 fully saturated rings. The average molecular weight is 242 g/mol. The van der Waals surface area contributed by atoms with Gasteiger partial charge >= 0.3 is 5.97 Å². The van der Waals surface area contributed by atoms with E-state index in [0.717, 1.165) is 19.4 Å². The molecule has 0 aromatic heterocycles. The number of carbonyl (C=O) groups is 1. The molecule has 100 valence electrons. The van der Waals surface area contributed by atoms with Gasteiger partial charge in [-0.05, 0) is 47.1 Å². The monoisotopic (exact) mass is 242 g/mol. The first-order valence-corrected chi connectivity index (χ1v) is 6.51. The number of hydrogen-bond donors (Lipinski definition) is 1. The van der Waals surface area contributed by atoms with Crippen molar-refractivity contribution in [2.75, 3.05) is 13.1 Å². The zero-order chi connectivity index (χ0) is 13.1. The zero-order valence-electron chi connectivity index (χ0n) is 11.5. The molecule has 17 heavy (non-hydrogen) atoms. The molecule has 2 N–H and O–H groups in total. The van der Waals surface area contributed by atoms with Crippen molar-refractivity contribution in [3.63, 3.8) is 0 Å². The number of piperidine rings is 1. The second-order valence-corrected chi connectivity index (χ2v) is 5.98. The fourth-order valence-electron chi connectivity index (χ4n) is 2.35. The van der Waals surface area contributed by atoms with Crippen molar-refractivity contribution in [1.82, 2.24) is 4.90 Å². The molecule has 0 radical (unpaired) electrons. The number of rotatable bonds is 3. The summed E-state index contributed by atoms with van der Waals surface area (Å²) in [5, 5.41) is 0. The molecule has 2 atom stereocenters. The van der Waals surface area contributed by atoms with Gasteiger partial charge in [-0.3, -0.25) is 9.69 Å². The van der Waals surface area contributed by atoms with E-state index in [2.05, 4.69) is 4.90 Å². The van der Waals surface area contributed by atoms with Gasteiger partial charge in [-0.25, -0.2) is 0 Å². The van der Waals surface area contributed by atoms with Gasteiger partial charge in [0.2, 0.25) is 0 Å². The molecule has 1 heterocycles. The lowest BCUT2D eigenvalue weighted by Gasteiger charge is -2.37. The normalized spacial score (nSPS) is 24.4. The largest absolute Gasteiger partial charge is 0.459 e. The third kappa shape index (κ3) is 5.04. The van der Waals surface area contributed by atoms with E-state index in [0.29, 0.717) is 12.6 Å². The van der Waals surface area contributed by atoms with Crippen LogP contribution in [0.15, 0.2) is 0 Å². The summed E-state index contributed by atoms with van der Waals surface area (Å²) in [6.07, 6.45) is 3.43. The summed E-state index contributed by atoms with van der Waals surface area (Å²) in [5.74, 6) is -0.148. The van der Waals surface area contributed by atoms with Crippen molar-refractivity contribution >= 4 is 5.97 Å². The summed E-state index contributed by atoms with van der Waals surface area (Å²) in [7, 11) is 0. The number of ether oxygens (including phenoxy) is 1. The Kier molecular flexibility index (Phi) is 4.95. The summed E-state index contributed by atoms with van der Waals surface area (Å²) in [6.45, 7) is 9.01. The van der Waals surface area contributed by atoms with E-state index in [-0.39, 0.29) is 12.0 Å². The van der Waals surface area contributed by atoms with Crippen LogP contribution < -0.4 is 5.73 Å². The Morgan fingerprint density at radius 1 is 1.47 bits per heavy atom. The standard InChI is InChI=1S/C13H26N2O2/c1-10(14)11-7-5-6-8-15(11)9-12(16)17-13(2,3)4/h10-11H,5-9,14H2,1-4H3. The molecule has 0 amide bonds. The summed E-state index contributed by atoms with van der Waals surface area (Å²) >= 11 is 0. The minimum absolute atomic E-state index is 0.109. The van der Waals surface area contributed by atoms with Crippen molar-refractivity contribution in [2.45, 2.75) is 64.6 Å². The van der Waals surface area contributed by atoms with E-state index in [9.17, 15) is 4.79 Å². The summed E-state index contributed by atoms with van der Waals surface area (Å²) in [5.41, 5.74) is 5.56. The van der Waals surface area contributed by atoms with Gasteiger partial charge in [-0.1, -0.05) is 6.42 Å². The minimum Gasteiger partial charge on any atom is -0.459 e. The summed E-state index contributed by atoms with van der Waals surface area (Å²) in [6, 6.07) is 0.425. The molecule has 2 unspecified atom stereocenters. The number of hydrogen-bond acceptors (Lipinski definition) is 4. The van der Waals surface area contributed by atoms with Crippen molar-refractivity contribution in [3.8, 4) is 0 Å². The Morgan fingerprint density at radius 3 is 2.65 bits per heavy atom. The van der Waals surface area contributed by atoms with E-state index in [4.69, 9.17) is 10.5 Å². The maximum absolute atomic E-state index is 11.8. The first-order chi connectivity index (χ1) is 7.79. The second kappa shape index (κ2) is 5.83. The lowest BCUT2D eigenvalue weighted by molar-refractivity contribution is -0.157. The van der Waals surface area contributed by atoms with Gasteiger partial charge < -0.3 is 10.5 Å². The van der Waals surface area contributed by atoms with E-state index in [1.54, 1.807) is 0 Å². The predicted molar refractivity (Wildman–Crippen MR) is 68.7 cm³/mol. The highest BCUT2D eigenvalue weighted by atomic mass is 16.6. The molecule has 0 saturated carbocycles. The maximum atomic E-state index is 11.8. The van der Waals surface area contributed by atoms with Crippen LogP contribution in [0.4, 0.5) is 0 Å². The van der Waals surface area contributed by atoms with Crippen LogP contribution in [0, 0.1) is 0 Å². The summed E-state index contributed by atoms with van der Waals surface area (Å²) in [4.78, 5) is 14.0. The predicted octanol–water partition coefficient (Wildman–Crippen LogP) is 1.53. The number of carbonyl (C=O) groups excluding carboxylic acids is 1. The Morgan fingerprint density at radius 2 is 2.12 bits per heavy atom. The van der Waals surface area contributed by atoms with Crippen molar-refractivity contribution < 1.29 is 9.53 Å². The number of likely N-dealkylation sites (tertiary alicyclic amines) is 1. The molecule has 1 saturated heterocycles. The van der Waals surface area contributed by atoms with E-state index < -0.39 is 5.60 Å². The van der Waals surface area contributed by atoms with Crippen molar-refractivity contribution in [1.29, 1.82) is 0 Å². The SMILES string of the molecule is CC(N)C1CCCCN1CC(=O)OC(C)(C)C. The molecule has 0 spiro atoms. The Bertz CT molecular complexity index is 259. The van der Waals surface area contributed by atoms with Crippen LogP contribution in [0.25, 0.3) is 0 Å². The van der Waals surface area contributed by atoms with Gasteiger partial charge in [-0.15, -0.1) is 0 Å².